The lowest BCUT2D eigenvalue weighted by Crippen LogP contribution is -2.42. The molecule has 2 N–H and O–H groups in total. The first kappa shape index (κ1) is 24.0. The van der Waals surface area contributed by atoms with Crippen molar-refractivity contribution in [1.82, 2.24) is 10.2 Å². The first-order chi connectivity index (χ1) is 14.0. The Morgan fingerprint density at radius 3 is 2.45 bits per heavy atom. The monoisotopic (exact) mass is 394 g/mol. The van der Waals surface area contributed by atoms with E-state index in [0.717, 1.165) is 17.5 Å². The number of hydrogen-bond donors (Lipinski definition) is 2. The molecule has 6 heteroatoms. The van der Waals surface area contributed by atoms with Crippen molar-refractivity contribution >= 4 is 12.2 Å². The van der Waals surface area contributed by atoms with Crippen LogP contribution in [0.5, 0.6) is 0 Å². The number of methoxy groups -OCH3 is 1. The summed E-state index contributed by atoms with van der Waals surface area (Å²) in [7, 11) is 5.03. The van der Waals surface area contributed by atoms with Crippen LogP contribution in [0.2, 0.25) is 0 Å². The Bertz CT molecular complexity index is 802. The van der Waals surface area contributed by atoms with Gasteiger partial charge in [0, 0.05) is 26.8 Å². The Balaban J connectivity index is 0.000000290. The van der Waals surface area contributed by atoms with Crippen LogP contribution >= 0.6 is 0 Å². The average Bonchev–Trinajstić information content (AvgIpc) is 2.79. The summed E-state index contributed by atoms with van der Waals surface area (Å²) in [5, 5.41) is 18.9. The third kappa shape index (κ3) is 7.86. The number of nitrogens with one attached hydrogen (secondary N) is 2. The van der Waals surface area contributed by atoms with Gasteiger partial charge in [-0.3, -0.25) is 10.2 Å². The number of carbonyl (C=O) groups excluding carboxylic acids is 1. The molecule has 29 heavy (non-hydrogen) atoms. The maximum Gasteiger partial charge on any atom is 0.232 e. The second kappa shape index (κ2) is 13.2. The summed E-state index contributed by atoms with van der Waals surface area (Å²) < 4.78 is 4.97. The lowest BCUT2D eigenvalue weighted by molar-refractivity contribution is -0.131. The van der Waals surface area contributed by atoms with E-state index in [1.807, 2.05) is 68.6 Å². The minimum Gasteiger partial charge on any atom is -0.385 e. The zero-order valence-electron chi connectivity index (χ0n) is 17.6. The minimum atomic E-state index is -0.151. The quantitative estimate of drug-likeness (QED) is 0.529. The maximum absolute atomic E-state index is 11.9. The molecule has 0 saturated carbocycles. The molecule has 0 aliphatic rings. The van der Waals surface area contributed by atoms with Gasteiger partial charge in [-0.15, -0.1) is 0 Å². The summed E-state index contributed by atoms with van der Waals surface area (Å²) in [4.78, 5) is 13.2. The van der Waals surface area contributed by atoms with Crippen molar-refractivity contribution in [3.8, 4) is 17.2 Å². The van der Waals surface area contributed by atoms with E-state index in [0.29, 0.717) is 18.6 Å². The van der Waals surface area contributed by atoms with Gasteiger partial charge < -0.3 is 15.0 Å². The van der Waals surface area contributed by atoms with Crippen molar-refractivity contribution in [2.24, 2.45) is 5.92 Å². The van der Waals surface area contributed by atoms with Gasteiger partial charge >= 0.3 is 0 Å². The summed E-state index contributed by atoms with van der Waals surface area (Å²) in [6, 6.07) is 19.9. The summed E-state index contributed by atoms with van der Waals surface area (Å²) in [5.41, 5.74) is 2.93. The second-order valence-electron chi connectivity index (χ2n) is 6.60. The van der Waals surface area contributed by atoms with Crippen LogP contribution in [0, 0.1) is 22.7 Å². The third-order valence-corrected chi connectivity index (χ3v) is 4.65. The molecule has 0 radical (unpaired) electrons. The molecule has 0 fully saturated rings. The zero-order chi connectivity index (χ0) is 21.6. The van der Waals surface area contributed by atoms with E-state index >= 15 is 0 Å². The highest BCUT2D eigenvalue weighted by Gasteiger charge is 2.25. The number of rotatable bonds is 8. The van der Waals surface area contributed by atoms with Crippen LogP contribution in [0.4, 0.5) is 0 Å². The van der Waals surface area contributed by atoms with Gasteiger partial charge in [-0.1, -0.05) is 42.5 Å². The van der Waals surface area contributed by atoms with Crippen molar-refractivity contribution < 1.29 is 9.53 Å². The van der Waals surface area contributed by atoms with Gasteiger partial charge in [-0.2, -0.15) is 5.26 Å². The highest BCUT2D eigenvalue weighted by Crippen LogP contribution is 2.19. The van der Waals surface area contributed by atoms with Crippen LogP contribution in [-0.2, 0) is 9.53 Å². The van der Waals surface area contributed by atoms with Gasteiger partial charge in [0.25, 0.3) is 0 Å². The molecule has 0 saturated heterocycles. The molecule has 1 amide bonds. The predicted molar refractivity (Wildman–Crippen MR) is 117 cm³/mol. The molecular formula is C23H30N4O2. The number of amides is 1. The Morgan fingerprint density at radius 2 is 1.90 bits per heavy atom. The van der Waals surface area contributed by atoms with E-state index in [1.54, 1.807) is 14.2 Å². The van der Waals surface area contributed by atoms with Crippen LogP contribution in [0.1, 0.15) is 18.9 Å². The molecule has 0 aliphatic heterocycles. The minimum absolute atomic E-state index is 0.0519. The van der Waals surface area contributed by atoms with Crippen LogP contribution < -0.4 is 5.32 Å². The topological polar surface area (TPSA) is 89.2 Å². The molecule has 154 valence electrons. The van der Waals surface area contributed by atoms with E-state index in [-0.39, 0.29) is 17.9 Å². The average molecular weight is 395 g/mol. The van der Waals surface area contributed by atoms with Crippen molar-refractivity contribution in [2.75, 3.05) is 27.8 Å². The normalized spacial score (nSPS) is 12.0. The second-order valence-corrected chi connectivity index (χ2v) is 6.60. The lowest BCUT2D eigenvalue weighted by atomic mass is 9.96. The SMILES string of the molecule is CNC(C)C(CCOC)C(=O)N(C)C=N.N#Cc1cccc(-c2ccccc2)c1. The number of benzene rings is 2. The molecule has 2 atom stereocenters. The van der Waals surface area contributed by atoms with Crippen LogP contribution in [0.25, 0.3) is 11.1 Å². The molecule has 0 aliphatic carbocycles. The van der Waals surface area contributed by atoms with Crippen LogP contribution in [0.3, 0.4) is 0 Å². The molecule has 2 unspecified atom stereocenters. The number of nitrogens with zero attached hydrogens (tertiary/aromatic N) is 2. The molecular weight excluding hydrogens is 364 g/mol. The molecule has 6 nitrogen and oxygen atoms in total. The van der Waals surface area contributed by atoms with Gasteiger partial charge in [0.1, 0.15) is 0 Å². The van der Waals surface area contributed by atoms with Gasteiger partial charge in [-0.25, -0.2) is 0 Å². The Labute approximate surface area is 173 Å². The predicted octanol–water partition coefficient (Wildman–Crippen LogP) is 3.54. The molecule has 2 rings (SSSR count). The summed E-state index contributed by atoms with van der Waals surface area (Å²) in [6.07, 6.45) is 1.69. The third-order valence-electron chi connectivity index (χ3n) is 4.65. The van der Waals surface area contributed by atoms with E-state index in [2.05, 4.69) is 11.4 Å². The molecule has 0 spiro atoms. The highest BCUT2D eigenvalue weighted by molar-refractivity contribution is 5.88. The van der Waals surface area contributed by atoms with E-state index in [4.69, 9.17) is 15.4 Å². The van der Waals surface area contributed by atoms with Crippen molar-refractivity contribution in [3.05, 3.63) is 60.2 Å². The highest BCUT2D eigenvalue weighted by atomic mass is 16.5. The number of carbonyl (C=O) groups is 1. The fourth-order valence-corrected chi connectivity index (χ4v) is 2.76. The Hall–Kier alpha value is -3.01. The molecule has 2 aromatic carbocycles. The van der Waals surface area contributed by atoms with E-state index in [9.17, 15) is 4.79 Å². The van der Waals surface area contributed by atoms with Gasteiger partial charge in [0.05, 0.1) is 23.9 Å². The summed E-state index contributed by atoms with van der Waals surface area (Å²) in [5.74, 6) is -0.203. The number of nitriles is 1. The summed E-state index contributed by atoms with van der Waals surface area (Å²) >= 11 is 0. The van der Waals surface area contributed by atoms with Gasteiger partial charge in [0.15, 0.2) is 0 Å². The van der Waals surface area contributed by atoms with Crippen molar-refractivity contribution in [3.63, 3.8) is 0 Å². The molecule has 0 aromatic heterocycles. The first-order valence-corrected chi connectivity index (χ1v) is 9.47. The zero-order valence-corrected chi connectivity index (χ0v) is 17.6. The first-order valence-electron chi connectivity index (χ1n) is 9.47. The lowest BCUT2D eigenvalue weighted by Gasteiger charge is -2.25. The smallest absolute Gasteiger partial charge is 0.232 e. The van der Waals surface area contributed by atoms with Crippen molar-refractivity contribution in [1.29, 1.82) is 10.7 Å². The molecule has 2 aromatic rings. The van der Waals surface area contributed by atoms with Crippen LogP contribution in [-0.4, -0.2) is 51.0 Å². The fourth-order valence-electron chi connectivity index (χ4n) is 2.76. The largest absolute Gasteiger partial charge is 0.385 e. The van der Waals surface area contributed by atoms with Gasteiger partial charge in [-0.05, 0) is 43.7 Å². The number of hydrogen-bond acceptors (Lipinski definition) is 5. The van der Waals surface area contributed by atoms with Crippen molar-refractivity contribution in [2.45, 2.75) is 19.4 Å². The summed E-state index contributed by atoms with van der Waals surface area (Å²) in [6.45, 7) is 2.50. The standard InChI is InChI=1S/C13H9N.C10H21N3O2/c14-10-11-5-4-8-13(9-11)12-6-2-1-3-7-12;1-8(12-2)9(5-6-15-4)10(14)13(3)7-11/h1-9H;7-9,11-12H,5-6H2,1-4H3. The Kier molecular flexibility index (Phi) is 10.9. The molecule has 0 bridgehead atoms. The molecule has 0 heterocycles. The number of ether oxygens (including phenoxy) is 1. The Morgan fingerprint density at radius 1 is 1.24 bits per heavy atom. The van der Waals surface area contributed by atoms with Gasteiger partial charge in [0.2, 0.25) is 5.91 Å². The van der Waals surface area contributed by atoms with Crippen LogP contribution in [0.15, 0.2) is 54.6 Å². The maximum atomic E-state index is 11.9. The van der Waals surface area contributed by atoms with E-state index in [1.165, 1.54) is 4.90 Å². The fraction of sp³-hybridized carbons (Fsp3) is 0.348. The van der Waals surface area contributed by atoms with E-state index < -0.39 is 0 Å².